The van der Waals surface area contributed by atoms with Crippen molar-refractivity contribution in [3.8, 4) is 5.75 Å². The van der Waals surface area contributed by atoms with Crippen LogP contribution in [0.3, 0.4) is 0 Å². The molecule has 21 heavy (non-hydrogen) atoms. The number of ether oxygens (including phenoxy) is 1. The number of hydrogen-bond acceptors (Lipinski definition) is 3. The number of aromatic hydroxyl groups is 1. The smallest absolute Gasteiger partial charge is 0.138 e. The molecule has 0 spiro atoms. The summed E-state index contributed by atoms with van der Waals surface area (Å²) in [5.74, 6) is 0.221. The van der Waals surface area contributed by atoms with E-state index in [2.05, 4.69) is 50.7 Å². The standard InChI is InChI=1S/C15H20Br2N2O2/c1-15(2,19-3-5-21-6-4-19)10-18-9-11-7-12(16)8-13(17)14(11)20/h7-9,20H,3-6,10H2,1-2H3/p+1. The number of morpholine rings is 1. The van der Waals surface area contributed by atoms with Gasteiger partial charge in [-0.25, -0.2) is 0 Å². The van der Waals surface area contributed by atoms with Gasteiger partial charge in [0.1, 0.15) is 24.4 Å². The van der Waals surface area contributed by atoms with E-state index in [1.807, 2.05) is 12.1 Å². The molecule has 6 heteroatoms. The molecule has 1 aliphatic rings. The van der Waals surface area contributed by atoms with Gasteiger partial charge in [-0.2, -0.15) is 0 Å². The Morgan fingerprint density at radius 2 is 2.00 bits per heavy atom. The van der Waals surface area contributed by atoms with Gasteiger partial charge in [-0.1, -0.05) is 15.9 Å². The van der Waals surface area contributed by atoms with E-state index in [0.29, 0.717) is 16.6 Å². The van der Waals surface area contributed by atoms with E-state index >= 15 is 0 Å². The summed E-state index contributed by atoms with van der Waals surface area (Å²) in [7, 11) is 0. The maximum absolute atomic E-state index is 10.0. The van der Waals surface area contributed by atoms with Gasteiger partial charge in [-0.05, 0) is 41.9 Å². The molecule has 0 atom stereocenters. The minimum absolute atomic E-state index is 0.0686. The number of hydrogen-bond donors (Lipinski definition) is 2. The topological polar surface area (TPSA) is 46.3 Å². The van der Waals surface area contributed by atoms with Crippen molar-refractivity contribution >= 4 is 38.1 Å². The first-order chi connectivity index (χ1) is 9.90. The van der Waals surface area contributed by atoms with Crippen LogP contribution in [0.4, 0.5) is 0 Å². The second kappa shape index (κ2) is 7.22. The van der Waals surface area contributed by atoms with Gasteiger partial charge in [0, 0.05) is 16.3 Å². The molecule has 0 bridgehead atoms. The summed E-state index contributed by atoms with van der Waals surface area (Å²) in [5, 5.41) is 10.0. The van der Waals surface area contributed by atoms with Crippen molar-refractivity contribution in [2.24, 2.45) is 4.99 Å². The summed E-state index contributed by atoms with van der Waals surface area (Å²) >= 11 is 6.75. The van der Waals surface area contributed by atoms with Crippen LogP contribution in [0.25, 0.3) is 0 Å². The van der Waals surface area contributed by atoms with Crippen LogP contribution in [0.15, 0.2) is 26.1 Å². The Hall–Kier alpha value is -0.430. The number of phenolic OH excluding ortho intramolecular Hbond substituents is 1. The zero-order valence-corrected chi connectivity index (χ0v) is 15.5. The second-order valence-electron chi connectivity index (χ2n) is 5.90. The molecule has 1 aliphatic heterocycles. The average molecular weight is 421 g/mol. The lowest BCUT2D eigenvalue weighted by Crippen LogP contribution is -3.21. The average Bonchev–Trinajstić information content (AvgIpc) is 2.45. The molecule has 1 fully saturated rings. The van der Waals surface area contributed by atoms with Gasteiger partial charge >= 0.3 is 0 Å². The molecule has 1 heterocycles. The van der Waals surface area contributed by atoms with Gasteiger partial charge in [0.15, 0.2) is 0 Å². The second-order valence-corrected chi connectivity index (χ2v) is 7.67. The van der Waals surface area contributed by atoms with Crippen molar-refractivity contribution in [3.63, 3.8) is 0 Å². The minimum Gasteiger partial charge on any atom is -0.506 e. The van der Waals surface area contributed by atoms with Crippen molar-refractivity contribution in [1.29, 1.82) is 0 Å². The van der Waals surface area contributed by atoms with Gasteiger partial charge in [-0.3, -0.25) is 4.99 Å². The third-order valence-corrected chi connectivity index (χ3v) is 4.89. The molecule has 1 aromatic carbocycles. The molecular weight excluding hydrogens is 400 g/mol. The SMILES string of the molecule is CC(C)(CN=Cc1cc(Br)cc(Br)c1O)[NH+]1CCOCC1. The highest BCUT2D eigenvalue weighted by molar-refractivity contribution is 9.11. The number of benzene rings is 1. The fourth-order valence-corrected chi connectivity index (χ4v) is 3.72. The van der Waals surface area contributed by atoms with Crippen molar-refractivity contribution in [2.75, 3.05) is 32.8 Å². The number of rotatable bonds is 4. The van der Waals surface area contributed by atoms with Crippen LogP contribution in [-0.4, -0.2) is 49.7 Å². The predicted molar refractivity (Wildman–Crippen MR) is 91.6 cm³/mol. The van der Waals surface area contributed by atoms with Crippen molar-refractivity contribution in [3.05, 3.63) is 26.6 Å². The first-order valence-corrected chi connectivity index (χ1v) is 8.59. The number of aliphatic imine (C=N–C) groups is 1. The zero-order chi connectivity index (χ0) is 15.5. The highest BCUT2D eigenvalue weighted by Gasteiger charge is 2.31. The molecule has 0 radical (unpaired) electrons. The van der Waals surface area contributed by atoms with E-state index in [4.69, 9.17) is 4.74 Å². The van der Waals surface area contributed by atoms with E-state index in [9.17, 15) is 5.11 Å². The van der Waals surface area contributed by atoms with Crippen LogP contribution in [0, 0.1) is 0 Å². The van der Waals surface area contributed by atoms with Gasteiger partial charge in [-0.15, -0.1) is 0 Å². The van der Waals surface area contributed by atoms with Gasteiger partial charge in [0.05, 0.1) is 24.2 Å². The molecule has 0 saturated carbocycles. The van der Waals surface area contributed by atoms with Crippen LogP contribution in [-0.2, 0) is 4.74 Å². The molecule has 1 aromatic rings. The van der Waals surface area contributed by atoms with E-state index in [-0.39, 0.29) is 11.3 Å². The molecule has 0 aliphatic carbocycles. The lowest BCUT2D eigenvalue weighted by atomic mass is 10.0. The third kappa shape index (κ3) is 4.52. The zero-order valence-electron chi connectivity index (χ0n) is 12.3. The number of quaternary nitrogens is 1. The molecule has 2 rings (SSSR count). The maximum Gasteiger partial charge on any atom is 0.138 e. The fraction of sp³-hybridized carbons (Fsp3) is 0.533. The third-order valence-electron chi connectivity index (χ3n) is 3.83. The Morgan fingerprint density at radius 1 is 1.33 bits per heavy atom. The normalized spacial score (nSPS) is 17.5. The first kappa shape index (κ1) is 16.9. The van der Waals surface area contributed by atoms with Gasteiger partial charge in [0.25, 0.3) is 0 Å². The number of nitrogens with one attached hydrogen (secondary N) is 1. The van der Waals surface area contributed by atoms with Crippen LogP contribution in [0.1, 0.15) is 19.4 Å². The Balaban J connectivity index is 2.04. The summed E-state index contributed by atoms with van der Waals surface area (Å²) in [4.78, 5) is 6.06. The molecule has 116 valence electrons. The van der Waals surface area contributed by atoms with Crippen LogP contribution < -0.4 is 4.90 Å². The van der Waals surface area contributed by atoms with E-state index in [1.165, 1.54) is 4.90 Å². The highest BCUT2D eigenvalue weighted by Crippen LogP contribution is 2.30. The summed E-state index contributed by atoms with van der Waals surface area (Å²) in [6, 6.07) is 3.67. The lowest BCUT2D eigenvalue weighted by Gasteiger charge is -2.36. The molecule has 0 unspecified atom stereocenters. The van der Waals surface area contributed by atoms with Crippen LogP contribution in [0.2, 0.25) is 0 Å². The fourth-order valence-electron chi connectivity index (χ4n) is 2.46. The summed E-state index contributed by atoms with van der Waals surface area (Å²) < 4.78 is 6.98. The molecule has 0 amide bonds. The van der Waals surface area contributed by atoms with E-state index < -0.39 is 0 Å². The highest BCUT2D eigenvalue weighted by atomic mass is 79.9. The van der Waals surface area contributed by atoms with E-state index in [0.717, 1.165) is 30.8 Å². The minimum atomic E-state index is 0.0686. The number of halogens is 2. The molecular formula is C15H21Br2N2O2+. The lowest BCUT2D eigenvalue weighted by molar-refractivity contribution is -0.953. The van der Waals surface area contributed by atoms with Crippen LogP contribution >= 0.6 is 31.9 Å². The summed E-state index contributed by atoms with van der Waals surface area (Å²) in [5.41, 5.74) is 0.781. The molecule has 4 nitrogen and oxygen atoms in total. The summed E-state index contributed by atoms with van der Waals surface area (Å²) in [6.45, 7) is 8.85. The molecule has 1 saturated heterocycles. The number of nitrogens with zero attached hydrogens (tertiary/aromatic N) is 1. The quantitative estimate of drug-likeness (QED) is 0.732. The van der Waals surface area contributed by atoms with E-state index in [1.54, 1.807) is 6.21 Å². The Labute approximate surface area is 142 Å². The van der Waals surface area contributed by atoms with Crippen molar-refractivity contribution in [2.45, 2.75) is 19.4 Å². The van der Waals surface area contributed by atoms with Crippen LogP contribution in [0.5, 0.6) is 5.75 Å². The van der Waals surface area contributed by atoms with Gasteiger partial charge < -0.3 is 14.7 Å². The van der Waals surface area contributed by atoms with Crippen molar-refractivity contribution < 1.29 is 14.7 Å². The predicted octanol–water partition coefficient (Wildman–Crippen LogP) is 2.03. The van der Waals surface area contributed by atoms with Gasteiger partial charge in [0.2, 0.25) is 0 Å². The van der Waals surface area contributed by atoms with Crippen molar-refractivity contribution in [1.82, 2.24) is 0 Å². The molecule has 0 aromatic heterocycles. The maximum atomic E-state index is 10.0. The monoisotopic (exact) mass is 419 g/mol. The number of phenols is 1. The summed E-state index contributed by atoms with van der Waals surface area (Å²) in [6.07, 6.45) is 1.74. The Bertz CT molecular complexity index is 527. The Kier molecular flexibility index (Phi) is 5.82. The largest absolute Gasteiger partial charge is 0.506 e. The Morgan fingerprint density at radius 3 is 2.67 bits per heavy atom. The first-order valence-electron chi connectivity index (χ1n) is 7.01. The molecule has 2 N–H and O–H groups in total.